The second kappa shape index (κ2) is 8.56. The van der Waals surface area contributed by atoms with Crippen LogP contribution in [0.25, 0.3) is 0 Å². The van der Waals surface area contributed by atoms with Crippen molar-refractivity contribution in [3.8, 4) is 17.4 Å². The third kappa shape index (κ3) is 4.47. The maximum Gasteiger partial charge on any atom is 0.344 e. The van der Waals surface area contributed by atoms with Gasteiger partial charge in [0.05, 0.1) is 10.5 Å². The van der Waals surface area contributed by atoms with Crippen molar-refractivity contribution in [1.29, 1.82) is 0 Å². The van der Waals surface area contributed by atoms with Gasteiger partial charge in [0.25, 0.3) is 10.0 Å². The zero-order valence-corrected chi connectivity index (χ0v) is 17.8. The number of anilines is 1. The average molecular weight is 449 g/mol. The predicted octanol–water partition coefficient (Wildman–Crippen LogP) is 4.02. The fourth-order valence-corrected chi connectivity index (χ4v) is 4.05. The van der Waals surface area contributed by atoms with Gasteiger partial charge in [0.15, 0.2) is 0 Å². The Hall–Kier alpha value is -4.11. The SMILES string of the molecule is Cc1ccc(C(=O)Oc2cc(N)n(S(=O)(=O)c3ccc(Oc4ccccc4)cc3)n2)cc1. The third-order valence-corrected chi connectivity index (χ3v) is 6.11. The highest BCUT2D eigenvalue weighted by atomic mass is 32.2. The number of nitrogens with zero attached hydrogens (tertiary/aromatic N) is 2. The molecule has 4 aromatic rings. The van der Waals surface area contributed by atoms with E-state index >= 15 is 0 Å². The van der Waals surface area contributed by atoms with E-state index < -0.39 is 16.0 Å². The topological polar surface area (TPSA) is 114 Å². The van der Waals surface area contributed by atoms with Crippen LogP contribution in [-0.4, -0.2) is 23.6 Å². The van der Waals surface area contributed by atoms with E-state index in [4.69, 9.17) is 15.2 Å². The Kier molecular flexibility index (Phi) is 5.65. The zero-order valence-electron chi connectivity index (χ0n) is 17.0. The van der Waals surface area contributed by atoms with E-state index in [1.807, 2.05) is 25.1 Å². The van der Waals surface area contributed by atoms with E-state index in [0.29, 0.717) is 21.1 Å². The summed E-state index contributed by atoms with van der Waals surface area (Å²) in [6, 6.07) is 22.8. The summed E-state index contributed by atoms with van der Waals surface area (Å²) < 4.78 is 37.4. The number of nitrogens with two attached hydrogens (primary N) is 1. The molecule has 162 valence electrons. The quantitative estimate of drug-likeness (QED) is 0.442. The Morgan fingerprint density at radius 2 is 1.53 bits per heavy atom. The number of carbonyl (C=O) groups is 1. The summed E-state index contributed by atoms with van der Waals surface area (Å²) in [6.45, 7) is 1.89. The molecule has 8 nitrogen and oxygen atoms in total. The van der Waals surface area contributed by atoms with Gasteiger partial charge in [-0.3, -0.25) is 0 Å². The molecular formula is C23H19N3O5S. The number of nitrogen functional groups attached to an aromatic ring is 1. The second-order valence-corrected chi connectivity index (χ2v) is 8.66. The normalized spacial score (nSPS) is 11.2. The van der Waals surface area contributed by atoms with E-state index in [1.54, 1.807) is 36.4 Å². The van der Waals surface area contributed by atoms with Gasteiger partial charge in [-0.05, 0) is 55.5 Å². The number of esters is 1. The molecule has 0 saturated heterocycles. The Labute approximate surface area is 184 Å². The van der Waals surface area contributed by atoms with Crippen LogP contribution in [0.5, 0.6) is 17.4 Å². The van der Waals surface area contributed by atoms with Crippen LogP contribution in [0.2, 0.25) is 0 Å². The largest absolute Gasteiger partial charge is 0.457 e. The fraction of sp³-hybridized carbons (Fsp3) is 0.0435. The lowest BCUT2D eigenvalue weighted by Gasteiger charge is -2.08. The van der Waals surface area contributed by atoms with Crippen LogP contribution in [0, 0.1) is 6.92 Å². The molecule has 2 N–H and O–H groups in total. The molecule has 3 aromatic carbocycles. The molecule has 9 heteroatoms. The summed E-state index contributed by atoms with van der Waals surface area (Å²) in [4.78, 5) is 12.2. The molecule has 0 spiro atoms. The third-order valence-electron chi connectivity index (χ3n) is 4.49. The van der Waals surface area contributed by atoms with Crippen LogP contribution in [0.15, 0.2) is 89.8 Å². The number of ether oxygens (including phenoxy) is 2. The monoisotopic (exact) mass is 449 g/mol. The van der Waals surface area contributed by atoms with E-state index in [2.05, 4.69) is 5.10 Å². The molecule has 1 aromatic heterocycles. The fourth-order valence-electron chi connectivity index (χ4n) is 2.85. The van der Waals surface area contributed by atoms with Crippen LogP contribution in [0.3, 0.4) is 0 Å². The van der Waals surface area contributed by atoms with E-state index in [0.717, 1.165) is 5.56 Å². The van der Waals surface area contributed by atoms with E-state index in [1.165, 1.54) is 30.3 Å². The van der Waals surface area contributed by atoms with Gasteiger partial charge in [0.2, 0.25) is 5.88 Å². The van der Waals surface area contributed by atoms with Gasteiger partial charge in [-0.1, -0.05) is 35.9 Å². The molecular weight excluding hydrogens is 430 g/mol. The first-order valence-corrected chi connectivity index (χ1v) is 11.0. The van der Waals surface area contributed by atoms with Crippen molar-refractivity contribution in [2.24, 2.45) is 0 Å². The minimum absolute atomic E-state index is 0.0517. The Balaban J connectivity index is 1.53. The Morgan fingerprint density at radius 1 is 0.906 bits per heavy atom. The summed E-state index contributed by atoms with van der Waals surface area (Å²) in [5, 5.41) is 3.86. The molecule has 0 aliphatic carbocycles. The average Bonchev–Trinajstić information content (AvgIpc) is 3.16. The molecule has 0 fully saturated rings. The molecule has 0 unspecified atom stereocenters. The predicted molar refractivity (Wildman–Crippen MR) is 118 cm³/mol. The summed E-state index contributed by atoms with van der Waals surface area (Å²) in [5.74, 6) is 0.00669. The maximum atomic E-state index is 13.0. The first-order chi connectivity index (χ1) is 15.3. The molecule has 1 heterocycles. The highest BCUT2D eigenvalue weighted by Gasteiger charge is 2.23. The minimum Gasteiger partial charge on any atom is -0.457 e. The summed E-state index contributed by atoms with van der Waals surface area (Å²) in [5.41, 5.74) is 7.13. The molecule has 0 amide bonds. The number of hydrogen-bond acceptors (Lipinski definition) is 7. The number of para-hydroxylation sites is 1. The van der Waals surface area contributed by atoms with E-state index in [9.17, 15) is 13.2 Å². The zero-order chi connectivity index (χ0) is 22.7. The molecule has 0 aliphatic heterocycles. The smallest absolute Gasteiger partial charge is 0.344 e. The lowest BCUT2D eigenvalue weighted by Crippen LogP contribution is -2.17. The van der Waals surface area contributed by atoms with Gasteiger partial charge in [-0.2, -0.15) is 8.42 Å². The summed E-state index contributed by atoms with van der Waals surface area (Å²) in [7, 11) is -4.11. The van der Waals surface area contributed by atoms with Crippen molar-refractivity contribution in [1.82, 2.24) is 9.19 Å². The first-order valence-electron chi connectivity index (χ1n) is 9.56. The van der Waals surface area contributed by atoms with Gasteiger partial charge >= 0.3 is 5.97 Å². The first kappa shape index (κ1) is 21.1. The lowest BCUT2D eigenvalue weighted by atomic mass is 10.1. The molecule has 0 atom stereocenters. The number of aryl methyl sites for hydroxylation is 1. The minimum atomic E-state index is -4.11. The standard InChI is InChI=1S/C23H19N3O5S/c1-16-7-9-17(10-8-16)23(27)31-22-15-21(24)26(25-22)32(28,29)20-13-11-19(12-14-20)30-18-5-3-2-4-6-18/h2-15H,24H2,1H3. The van der Waals surface area contributed by atoms with Gasteiger partial charge < -0.3 is 15.2 Å². The molecule has 0 radical (unpaired) electrons. The lowest BCUT2D eigenvalue weighted by molar-refractivity contribution is 0.0727. The molecule has 0 saturated carbocycles. The van der Waals surface area contributed by atoms with Crippen LogP contribution in [0.1, 0.15) is 15.9 Å². The number of hydrogen-bond donors (Lipinski definition) is 1. The van der Waals surface area contributed by atoms with Crippen LogP contribution >= 0.6 is 0 Å². The summed E-state index contributed by atoms with van der Waals surface area (Å²) >= 11 is 0. The number of benzene rings is 3. The summed E-state index contributed by atoms with van der Waals surface area (Å²) in [6.07, 6.45) is 0. The van der Waals surface area contributed by atoms with Crippen LogP contribution in [0.4, 0.5) is 5.82 Å². The Morgan fingerprint density at radius 3 is 2.19 bits per heavy atom. The van der Waals surface area contributed by atoms with Crippen molar-refractivity contribution in [3.05, 3.63) is 96.1 Å². The Bertz CT molecular complexity index is 1350. The number of aromatic nitrogens is 2. The van der Waals surface area contributed by atoms with Crippen LogP contribution < -0.4 is 15.2 Å². The van der Waals surface area contributed by atoms with Gasteiger partial charge in [0.1, 0.15) is 17.3 Å². The van der Waals surface area contributed by atoms with Gasteiger partial charge in [-0.25, -0.2) is 4.79 Å². The maximum absolute atomic E-state index is 13.0. The highest BCUT2D eigenvalue weighted by molar-refractivity contribution is 7.90. The molecule has 4 rings (SSSR count). The number of rotatable bonds is 6. The van der Waals surface area contributed by atoms with Gasteiger partial charge in [-0.15, -0.1) is 9.19 Å². The van der Waals surface area contributed by atoms with Crippen molar-refractivity contribution in [2.75, 3.05) is 5.73 Å². The van der Waals surface area contributed by atoms with Crippen molar-refractivity contribution < 1.29 is 22.7 Å². The van der Waals surface area contributed by atoms with Gasteiger partial charge in [0, 0.05) is 6.07 Å². The van der Waals surface area contributed by atoms with Crippen molar-refractivity contribution >= 4 is 21.8 Å². The molecule has 32 heavy (non-hydrogen) atoms. The van der Waals surface area contributed by atoms with Crippen LogP contribution in [-0.2, 0) is 10.0 Å². The van der Waals surface area contributed by atoms with Crippen molar-refractivity contribution in [3.63, 3.8) is 0 Å². The molecule has 0 aliphatic rings. The highest BCUT2D eigenvalue weighted by Crippen LogP contribution is 2.25. The van der Waals surface area contributed by atoms with E-state index in [-0.39, 0.29) is 16.6 Å². The molecule has 0 bridgehead atoms. The van der Waals surface area contributed by atoms with Crippen molar-refractivity contribution in [2.45, 2.75) is 11.8 Å². The number of carbonyl (C=O) groups excluding carboxylic acids is 1. The second-order valence-electron chi connectivity index (χ2n) is 6.90.